The maximum absolute atomic E-state index is 13.6. The molecule has 0 fully saturated rings. The minimum atomic E-state index is -1.53. The van der Waals surface area contributed by atoms with E-state index < -0.39 is 18.2 Å². The molecule has 2 aromatic heterocycles. The van der Waals surface area contributed by atoms with Crippen molar-refractivity contribution in [1.29, 1.82) is 0 Å². The van der Waals surface area contributed by atoms with E-state index in [0.717, 1.165) is 16.5 Å². The number of rotatable bonds is 5. The van der Waals surface area contributed by atoms with Gasteiger partial charge in [0.05, 0.1) is 35.6 Å². The number of hydrogen-bond acceptors (Lipinski definition) is 10. The van der Waals surface area contributed by atoms with Crippen LogP contribution in [-0.2, 0) is 38.6 Å². The summed E-state index contributed by atoms with van der Waals surface area (Å²) in [5.41, 5.74) is 9.28. The first-order valence-electron chi connectivity index (χ1n) is 12.8. The smallest absolute Gasteiger partial charge is 0.508 e. The van der Waals surface area contributed by atoms with E-state index in [9.17, 15) is 24.3 Å². The molecule has 208 valence electrons. The van der Waals surface area contributed by atoms with Crippen LogP contribution in [-0.4, -0.2) is 39.2 Å². The molecule has 12 nitrogen and oxygen atoms in total. The van der Waals surface area contributed by atoms with Gasteiger partial charge in [-0.1, -0.05) is 6.92 Å². The zero-order chi connectivity index (χ0) is 28.8. The van der Waals surface area contributed by atoms with E-state index in [1.54, 1.807) is 28.8 Å². The molecule has 0 aliphatic carbocycles. The molecule has 1 atom stereocenters. The summed E-state index contributed by atoms with van der Waals surface area (Å²) in [5.74, 6) is -1.00. The molecule has 41 heavy (non-hydrogen) atoms. The molecule has 2 aromatic carbocycles. The number of pyridine rings is 2. The summed E-state index contributed by atoms with van der Waals surface area (Å²) in [6.07, 6.45) is -2.07. The minimum absolute atomic E-state index is 0.0994. The number of aryl methyl sites for hydroxylation is 1. The number of fused-ring (bicyclic) bond motifs is 5. The highest BCUT2D eigenvalue weighted by Crippen LogP contribution is 2.39. The number of carbonyl (C=O) groups excluding carboxylic acids is 3. The number of nitrogens with zero attached hydrogens (tertiary/aromatic N) is 2. The van der Waals surface area contributed by atoms with Gasteiger partial charge in [-0.2, -0.15) is 0 Å². The Morgan fingerprint density at radius 1 is 1.15 bits per heavy atom. The molecule has 0 spiro atoms. The fourth-order valence-corrected chi connectivity index (χ4v) is 5.23. The zero-order valence-corrected chi connectivity index (χ0v) is 21.8. The number of ether oxygens (including phenoxy) is 3. The van der Waals surface area contributed by atoms with Crippen LogP contribution in [0.2, 0.25) is 0 Å². The topological polar surface area (TPSA) is 172 Å². The van der Waals surface area contributed by atoms with Crippen LogP contribution in [0.1, 0.15) is 35.3 Å². The molecule has 4 N–H and O–H groups in total. The molecule has 2 aliphatic rings. The Kier molecular flexibility index (Phi) is 6.39. The maximum Gasteiger partial charge on any atom is 0.515 e. The molecular weight excluding hydrogens is 532 g/mol. The van der Waals surface area contributed by atoms with Crippen LogP contribution < -0.4 is 21.3 Å². The number of amides is 1. The Bertz CT molecular complexity index is 1810. The molecule has 0 saturated carbocycles. The van der Waals surface area contributed by atoms with E-state index in [1.165, 1.54) is 24.3 Å². The molecular formula is C29H24N4O8. The average Bonchev–Trinajstić information content (AvgIpc) is 3.33. The Morgan fingerprint density at radius 3 is 2.66 bits per heavy atom. The van der Waals surface area contributed by atoms with Gasteiger partial charge in [0, 0.05) is 22.2 Å². The number of cyclic esters (lactones) is 1. The number of aromatic hydroxyl groups is 1. The van der Waals surface area contributed by atoms with Crippen molar-refractivity contribution in [3.8, 4) is 22.9 Å². The molecule has 2 aliphatic heterocycles. The van der Waals surface area contributed by atoms with Crippen LogP contribution in [0.3, 0.4) is 0 Å². The molecule has 0 saturated heterocycles. The standard InChI is InChI=1S/C29H24N4O8/c1-2-17-18-9-15(34)5-8-22(18)32-25-20(17)12-33-23(25)10-19-21(27(33)36)13-39-28(37)26(19)41-29(38)40-16-6-3-14(4-7-16)31-24(35)11-30/h3-10,26,34H,2,11-13,30H2,1H3,(H,31,35)/t26-/m0/s1. The van der Waals surface area contributed by atoms with Gasteiger partial charge in [0.2, 0.25) is 12.0 Å². The maximum atomic E-state index is 13.6. The van der Waals surface area contributed by atoms with Gasteiger partial charge in [-0.05, 0) is 60.5 Å². The summed E-state index contributed by atoms with van der Waals surface area (Å²) in [4.78, 5) is 55.2. The molecule has 12 heteroatoms. The fraction of sp³-hybridized carbons (Fsp3) is 0.207. The lowest BCUT2D eigenvalue weighted by Gasteiger charge is -2.24. The minimum Gasteiger partial charge on any atom is -0.508 e. The highest BCUT2D eigenvalue weighted by Gasteiger charge is 2.38. The second-order valence-corrected chi connectivity index (χ2v) is 9.56. The molecule has 1 amide bonds. The van der Waals surface area contributed by atoms with E-state index in [4.69, 9.17) is 24.9 Å². The lowest BCUT2D eigenvalue weighted by molar-refractivity contribution is -0.158. The summed E-state index contributed by atoms with van der Waals surface area (Å²) in [6.45, 7) is 1.81. The Balaban J connectivity index is 1.32. The molecule has 4 heterocycles. The summed E-state index contributed by atoms with van der Waals surface area (Å²) in [7, 11) is 0. The first-order valence-corrected chi connectivity index (χ1v) is 12.8. The monoisotopic (exact) mass is 556 g/mol. The van der Waals surface area contributed by atoms with Gasteiger partial charge in [0.15, 0.2) is 0 Å². The van der Waals surface area contributed by atoms with Crippen molar-refractivity contribution in [1.82, 2.24) is 9.55 Å². The predicted octanol–water partition coefficient (Wildman–Crippen LogP) is 2.90. The molecule has 0 radical (unpaired) electrons. The second-order valence-electron chi connectivity index (χ2n) is 9.56. The van der Waals surface area contributed by atoms with Crippen LogP contribution in [0.15, 0.2) is 53.3 Å². The molecule has 0 unspecified atom stereocenters. The fourth-order valence-electron chi connectivity index (χ4n) is 5.23. The van der Waals surface area contributed by atoms with E-state index in [0.29, 0.717) is 29.0 Å². The first kappa shape index (κ1) is 26.0. The molecule has 6 rings (SSSR count). The highest BCUT2D eigenvalue weighted by molar-refractivity contribution is 5.92. The van der Waals surface area contributed by atoms with Crippen molar-refractivity contribution in [2.45, 2.75) is 32.6 Å². The Labute approximate surface area is 232 Å². The largest absolute Gasteiger partial charge is 0.515 e. The van der Waals surface area contributed by atoms with E-state index >= 15 is 0 Å². The second kappa shape index (κ2) is 10.1. The summed E-state index contributed by atoms with van der Waals surface area (Å²) >= 11 is 0. The normalized spacial score (nSPS) is 15.0. The van der Waals surface area contributed by atoms with Crippen LogP contribution in [0.4, 0.5) is 10.5 Å². The van der Waals surface area contributed by atoms with Crippen molar-refractivity contribution in [3.63, 3.8) is 0 Å². The van der Waals surface area contributed by atoms with Gasteiger partial charge in [-0.3, -0.25) is 9.59 Å². The van der Waals surface area contributed by atoms with Crippen LogP contribution in [0.25, 0.3) is 22.3 Å². The van der Waals surface area contributed by atoms with Crippen LogP contribution >= 0.6 is 0 Å². The lowest BCUT2D eigenvalue weighted by atomic mass is 9.97. The molecule has 0 bridgehead atoms. The van der Waals surface area contributed by atoms with E-state index in [-0.39, 0.29) is 53.8 Å². The van der Waals surface area contributed by atoms with Gasteiger partial charge in [0.1, 0.15) is 18.1 Å². The van der Waals surface area contributed by atoms with Gasteiger partial charge >= 0.3 is 12.1 Å². The van der Waals surface area contributed by atoms with Gasteiger partial charge in [-0.15, -0.1) is 0 Å². The van der Waals surface area contributed by atoms with Gasteiger partial charge < -0.3 is 34.9 Å². The number of nitrogens with two attached hydrogens (primary N) is 1. The number of phenols is 1. The number of nitrogens with one attached hydrogen (secondary N) is 1. The number of benzene rings is 2. The number of aromatic nitrogens is 2. The quantitative estimate of drug-likeness (QED) is 0.216. The third-order valence-electron chi connectivity index (χ3n) is 7.13. The van der Waals surface area contributed by atoms with E-state index in [2.05, 4.69) is 5.32 Å². The van der Waals surface area contributed by atoms with Gasteiger partial charge in [0.25, 0.3) is 5.56 Å². The van der Waals surface area contributed by atoms with Crippen LogP contribution in [0.5, 0.6) is 11.5 Å². The zero-order valence-electron chi connectivity index (χ0n) is 21.8. The third-order valence-corrected chi connectivity index (χ3v) is 7.13. The Hall–Kier alpha value is -5.23. The van der Waals surface area contributed by atoms with Crippen molar-refractivity contribution in [2.75, 3.05) is 11.9 Å². The van der Waals surface area contributed by atoms with Crippen molar-refractivity contribution in [2.24, 2.45) is 5.73 Å². The summed E-state index contributed by atoms with van der Waals surface area (Å²) in [5, 5.41) is 13.4. The number of hydrogen-bond donors (Lipinski definition) is 3. The number of phenolic OH excluding ortho intramolecular Hbond substituents is 1. The Morgan fingerprint density at radius 2 is 1.93 bits per heavy atom. The number of anilines is 1. The van der Waals surface area contributed by atoms with Crippen molar-refractivity contribution < 1.29 is 33.7 Å². The van der Waals surface area contributed by atoms with E-state index in [1.807, 2.05) is 6.92 Å². The number of carbonyl (C=O) groups is 3. The summed E-state index contributed by atoms with van der Waals surface area (Å²) in [6, 6.07) is 12.4. The summed E-state index contributed by atoms with van der Waals surface area (Å²) < 4.78 is 17.3. The number of esters is 1. The van der Waals surface area contributed by atoms with Crippen molar-refractivity contribution >= 4 is 34.6 Å². The highest BCUT2D eigenvalue weighted by atomic mass is 16.7. The van der Waals surface area contributed by atoms with Gasteiger partial charge in [-0.25, -0.2) is 14.6 Å². The average molecular weight is 557 g/mol. The molecule has 4 aromatic rings. The van der Waals surface area contributed by atoms with Crippen molar-refractivity contribution in [3.05, 3.63) is 81.1 Å². The third kappa shape index (κ3) is 4.53. The lowest BCUT2D eigenvalue weighted by Crippen LogP contribution is -2.34. The SMILES string of the molecule is CCc1c2c(nc3ccc(O)cc13)-c1cc3c(c(=O)n1C2)COC(=O)[C@H]3OC(=O)Oc1ccc(NC(=O)CN)cc1. The first-order chi connectivity index (χ1) is 19.8. The van der Waals surface area contributed by atoms with Crippen LogP contribution in [0, 0.1) is 0 Å². The predicted molar refractivity (Wildman–Crippen MR) is 145 cm³/mol.